The van der Waals surface area contributed by atoms with Crippen LogP contribution in [-0.2, 0) is 12.0 Å². The van der Waals surface area contributed by atoms with Gasteiger partial charge in [-0.15, -0.1) is 0 Å². The molecule has 0 unspecified atom stereocenters. The molecule has 2 heteroatoms. The van der Waals surface area contributed by atoms with E-state index in [1.165, 1.54) is 49.0 Å². The molecule has 0 radical (unpaired) electrons. The Balaban J connectivity index is 2.08. The van der Waals surface area contributed by atoms with E-state index in [0.29, 0.717) is 0 Å². The fourth-order valence-electron chi connectivity index (χ4n) is 3.55. The van der Waals surface area contributed by atoms with Crippen molar-refractivity contribution in [2.45, 2.75) is 44.1 Å². The molecular weight excluding hydrogens is 208 g/mol. The van der Waals surface area contributed by atoms with Gasteiger partial charge in [0.1, 0.15) is 0 Å². The predicted octanol–water partition coefficient (Wildman–Crippen LogP) is 2.80. The minimum Gasteiger partial charge on any atom is -0.374 e. The number of fused-ring (bicyclic) bond motifs is 1. The molecule has 2 N–H and O–H groups in total. The minimum absolute atomic E-state index is 0.0382. The lowest BCUT2D eigenvalue weighted by atomic mass is 9.83. The fourth-order valence-corrected chi connectivity index (χ4v) is 3.55. The largest absolute Gasteiger partial charge is 0.374 e. The monoisotopic (exact) mass is 230 g/mol. The fraction of sp³-hybridized carbons (Fsp3) is 0.600. The summed E-state index contributed by atoms with van der Waals surface area (Å²) in [7, 11) is 2.19. The van der Waals surface area contributed by atoms with E-state index in [1.807, 2.05) is 0 Å². The first-order valence-electron chi connectivity index (χ1n) is 6.83. The molecule has 0 spiro atoms. The summed E-state index contributed by atoms with van der Waals surface area (Å²) in [4.78, 5) is 2.38. The second-order valence-electron chi connectivity index (χ2n) is 5.69. The number of nitrogens with two attached hydrogens (primary N) is 1. The Morgan fingerprint density at radius 3 is 2.71 bits per heavy atom. The van der Waals surface area contributed by atoms with Crippen LogP contribution in [0.3, 0.4) is 0 Å². The summed E-state index contributed by atoms with van der Waals surface area (Å²) in [6.07, 6.45) is 7.36. The van der Waals surface area contributed by atoms with Crippen LogP contribution in [0.5, 0.6) is 0 Å². The van der Waals surface area contributed by atoms with Gasteiger partial charge < -0.3 is 10.6 Å². The Bertz CT molecular complexity index is 419. The van der Waals surface area contributed by atoms with Crippen molar-refractivity contribution in [3.8, 4) is 0 Å². The minimum atomic E-state index is -0.0382. The second kappa shape index (κ2) is 4.02. The maximum absolute atomic E-state index is 6.63. The van der Waals surface area contributed by atoms with Crippen LogP contribution in [0.25, 0.3) is 0 Å². The van der Waals surface area contributed by atoms with Crippen molar-refractivity contribution >= 4 is 5.69 Å². The van der Waals surface area contributed by atoms with Crippen LogP contribution in [0.1, 0.15) is 43.2 Å². The van der Waals surface area contributed by atoms with Gasteiger partial charge in [0.25, 0.3) is 0 Å². The Morgan fingerprint density at radius 2 is 1.94 bits per heavy atom. The summed E-state index contributed by atoms with van der Waals surface area (Å²) in [6.45, 7) is 1.17. The Morgan fingerprint density at radius 1 is 1.18 bits per heavy atom. The topological polar surface area (TPSA) is 29.3 Å². The van der Waals surface area contributed by atoms with Crippen LogP contribution < -0.4 is 10.6 Å². The second-order valence-corrected chi connectivity index (χ2v) is 5.69. The molecule has 2 nitrogen and oxygen atoms in total. The standard InChI is InChI=1S/C15H22N2/c1-17-11-5-6-12-13(7-4-8-14(12)17)15(16)9-2-3-10-15/h4,7-8H,2-3,5-6,9-11,16H2,1H3. The van der Waals surface area contributed by atoms with Crippen molar-refractivity contribution in [2.75, 3.05) is 18.5 Å². The molecule has 0 saturated heterocycles. The average Bonchev–Trinajstić information content (AvgIpc) is 2.77. The van der Waals surface area contributed by atoms with E-state index in [2.05, 4.69) is 30.1 Å². The summed E-state index contributed by atoms with van der Waals surface area (Å²) in [5.41, 5.74) is 10.9. The van der Waals surface area contributed by atoms with E-state index in [-0.39, 0.29) is 5.54 Å². The van der Waals surface area contributed by atoms with Crippen LogP contribution in [0.4, 0.5) is 5.69 Å². The van der Waals surface area contributed by atoms with Gasteiger partial charge in [0.15, 0.2) is 0 Å². The van der Waals surface area contributed by atoms with E-state index in [0.717, 1.165) is 12.8 Å². The number of hydrogen-bond donors (Lipinski definition) is 1. The first-order valence-corrected chi connectivity index (χ1v) is 6.83. The number of rotatable bonds is 1. The zero-order valence-electron chi connectivity index (χ0n) is 10.7. The van der Waals surface area contributed by atoms with Crippen LogP contribution in [0, 0.1) is 0 Å². The van der Waals surface area contributed by atoms with Gasteiger partial charge in [0.2, 0.25) is 0 Å². The molecule has 1 aliphatic heterocycles. The highest BCUT2D eigenvalue weighted by Gasteiger charge is 2.34. The van der Waals surface area contributed by atoms with Gasteiger partial charge in [0.05, 0.1) is 0 Å². The molecular formula is C15H22N2. The molecule has 1 aromatic rings. The molecule has 0 amide bonds. The summed E-state index contributed by atoms with van der Waals surface area (Å²) in [5.74, 6) is 0. The highest BCUT2D eigenvalue weighted by atomic mass is 15.1. The average molecular weight is 230 g/mol. The molecule has 92 valence electrons. The van der Waals surface area contributed by atoms with E-state index >= 15 is 0 Å². The molecule has 1 aromatic carbocycles. The Hall–Kier alpha value is -1.02. The number of hydrogen-bond acceptors (Lipinski definition) is 2. The normalized spacial score (nSPS) is 22.6. The van der Waals surface area contributed by atoms with Gasteiger partial charge in [0, 0.05) is 24.8 Å². The van der Waals surface area contributed by atoms with Gasteiger partial charge in [-0.05, 0) is 42.9 Å². The van der Waals surface area contributed by atoms with Crippen molar-refractivity contribution in [2.24, 2.45) is 5.73 Å². The van der Waals surface area contributed by atoms with Crippen molar-refractivity contribution in [1.82, 2.24) is 0 Å². The van der Waals surface area contributed by atoms with Gasteiger partial charge >= 0.3 is 0 Å². The third kappa shape index (κ3) is 1.75. The van der Waals surface area contributed by atoms with Crippen LogP contribution in [0.15, 0.2) is 18.2 Å². The Kier molecular flexibility index (Phi) is 2.62. The van der Waals surface area contributed by atoms with Crippen molar-refractivity contribution in [3.63, 3.8) is 0 Å². The number of anilines is 1. The number of nitrogens with zero attached hydrogens (tertiary/aromatic N) is 1. The molecule has 0 aromatic heterocycles. The SMILES string of the molecule is CN1CCCc2c1cccc2C1(N)CCCC1. The molecule has 1 heterocycles. The van der Waals surface area contributed by atoms with Crippen molar-refractivity contribution in [1.29, 1.82) is 0 Å². The summed E-state index contributed by atoms with van der Waals surface area (Å²) in [5, 5.41) is 0. The molecule has 17 heavy (non-hydrogen) atoms. The highest BCUT2D eigenvalue weighted by Crippen LogP contribution is 2.41. The first kappa shape index (κ1) is 11.1. The third-order valence-electron chi connectivity index (χ3n) is 4.52. The lowest BCUT2D eigenvalue weighted by Gasteiger charge is -2.34. The van der Waals surface area contributed by atoms with Crippen LogP contribution in [0.2, 0.25) is 0 Å². The molecule has 1 aliphatic carbocycles. The lowest BCUT2D eigenvalue weighted by molar-refractivity contribution is 0.455. The zero-order chi connectivity index (χ0) is 11.9. The van der Waals surface area contributed by atoms with E-state index in [1.54, 1.807) is 0 Å². The maximum atomic E-state index is 6.63. The van der Waals surface area contributed by atoms with E-state index in [9.17, 15) is 0 Å². The smallest absolute Gasteiger partial charge is 0.0413 e. The molecule has 0 atom stereocenters. The summed E-state index contributed by atoms with van der Waals surface area (Å²) >= 11 is 0. The maximum Gasteiger partial charge on any atom is 0.0413 e. The van der Waals surface area contributed by atoms with Gasteiger partial charge in [-0.2, -0.15) is 0 Å². The summed E-state index contributed by atoms with van der Waals surface area (Å²) < 4.78 is 0. The quantitative estimate of drug-likeness (QED) is 0.804. The predicted molar refractivity (Wildman–Crippen MR) is 72.4 cm³/mol. The van der Waals surface area contributed by atoms with Gasteiger partial charge in [-0.3, -0.25) is 0 Å². The molecule has 0 bridgehead atoms. The molecule has 3 rings (SSSR count). The van der Waals surface area contributed by atoms with E-state index in [4.69, 9.17) is 5.73 Å². The summed E-state index contributed by atoms with van der Waals surface area (Å²) in [6, 6.07) is 6.70. The number of benzene rings is 1. The molecule has 1 saturated carbocycles. The van der Waals surface area contributed by atoms with Crippen LogP contribution in [-0.4, -0.2) is 13.6 Å². The highest BCUT2D eigenvalue weighted by molar-refractivity contribution is 5.59. The van der Waals surface area contributed by atoms with Crippen molar-refractivity contribution in [3.05, 3.63) is 29.3 Å². The molecule has 1 fully saturated rings. The third-order valence-corrected chi connectivity index (χ3v) is 4.52. The van der Waals surface area contributed by atoms with Crippen molar-refractivity contribution < 1.29 is 0 Å². The lowest BCUT2D eigenvalue weighted by Crippen LogP contribution is -2.36. The molecule has 2 aliphatic rings. The first-order chi connectivity index (χ1) is 8.21. The van der Waals surface area contributed by atoms with Gasteiger partial charge in [-0.25, -0.2) is 0 Å². The zero-order valence-corrected chi connectivity index (χ0v) is 10.7. The van der Waals surface area contributed by atoms with Crippen LogP contribution >= 0.6 is 0 Å². The van der Waals surface area contributed by atoms with Gasteiger partial charge in [-0.1, -0.05) is 25.0 Å². The van der Waals surface area contributed by atoms with E-state index < -0.39 is 0 Å². The Labute approximate surface area is 104 Å².